The molecule has 1 aliphatic carbocycles. The highest BCUT2D eigenvalue weighted by atomic mass is 32.2. The van der Waals surface area contributed by atoms with E-state index in [1.807, 2.05) is 24.3 Å². The minimum absolute atomic E-state index is 0.161. The highest BCUT2D eigenvalue weighted by Crippen LogP contribution is 2.30. The third-order valence-electron chi connectivity index (χ3n) is 5.36. The number of fused-ring (bicyclic) bond motifs is 1. The number of nitrogens with one attached hydrogen (secondary N) is 1. The lowest BCUT2D eigenvalue weighted by Crippen LogP contribution is -2.23. The van der Waals surface area contributed by atoms with E-state index in [9.17, 15) is 4.79 Å². The van der Waals surface area contributed by atoms with E-state index in [0.29, 0.717) is 23.8 Å². The Bertz CT molecular complexity index is 1340. The number of aromatic nitrogens is 3. The van der Waals surface area contributed by atoms with Gasteiger partial charge in [0.05, 0.1) is 5.56 Å². The average Bonchev–Trinajstić information content (AvgIpc) is 3.16. The summed E-state index contributed by atoms with van der Waals surface area (Å²) >= 11 is 1.73. The van der Waals surface area contributed by atoms with Crippen LogP contribution in [0.1, 0.15) is 27.4 Å². The second kappa shape index (κ2) is 9.71. The molecular formula is C27H22N4OS. The molecule has 0 saturated heterocycles. The Balaban J connectivity index is 1.17. The van der Waals surface area contributed by atoms with Gasteiger partial charge in [-0.2, -0.15) is 0 Å². The monoisotopic (exact) mass is 450 g/mol. The average molecular weight is 451 g/mol. The molecule has 0 unspecified atom stereocenters. The molecule has 4 aromatic rings. The van der Waals surface area contributed by atoms with E-state index >= 15 is 0 Å². The van der Waals surface area contributed by atoms with E-state index in [-0.39, 0.29) is 5.91 Å². The number of carbonyl (C=O) groups excluding carboxylic acids is 1. The van der Waals surface area contributed by atoms with Crippen molar-refractivity contribution < 1.29 is 4.79 Å². The summed E-state index contributed by atoms with van der Waals surface area (Å²) in [4.78, 5) is 23.1. The van der Waals surface area contributed by atoms with Gasteiger partial charge in [0.1, 0.15) is 0 Å². The van der Waals surface area contributed by atoms with Gasteiger partial charge in [-0.25, -0.2) is 9.97 Å². The molecule has 1 N–H and O–H groups in total. The molecule has 1 aliphatic rings. The van der Waals surface area contributed by atoms with Crippen LogP contribution < -0.4 is 5.32 Å². The standard InChI is InChI=1S/C27H22N4OS/c32-26(23-18-30-27-28-15-16-31(27)19-23)29-17-20-7-11-24(12-8-20)33-25-13-9-22(10-14-25)21-5-3-1-2-4-6-21/h1-16,18-19,21H,17H2,(H,29,32). The number of amides is 1. The van der Waals surface area contributed by atoms with Crippen molar-refractivity contribution in [3.8, 4) is 0 Å². The van der Waals surface area contributed by atoms with Gasteiger partial charge in [-0.05, 0) is 35.4 Å². The lowest BCUT2D eigenvalue weighted by molar-refractivity contribution is 0.0950. The Hall–Kier alpha value is -3.90. The third-order valence-corrected chi connectivity index (χ3v) is 6.37. The smallest absolute Gasteiger partial charge is 0.254 e. The molecule has 162 valence electrons. The van der Waals surface area contributed by atoms with Crippen LogP contribution in [0.4, 0.5) is 0 Å². The van der Waals surface area contributed by atoms with Crippen molar-refractivity contribution in [1.82, 2.24) is 19.7 Å². The zero-order valence-electron chi connectivity index (χ0n) is 17.8. The zero-order chi connectivity index (χ0) is 22.5. The summed E-state index contributed by atoms with van der Waals surface area (Å²) in [5.74, 6) is 0.724. The minimum Gasteiger partial charge on any atom is -0.348 e. The lowest BCUT2D eigenvalue weighted by atomic mass is 9.99. The van der Waals surface area contributed by atoms with E-state index < -0.39 is 0 Å². The van der Waals surface area contributed by atoms with Gasteiger partial charge in [-0.15, -0.1) is 0 Å². The number of imidazole rings is 1. The maximum absolute atomic E-state index is 12.5. The normalized spacial score (nSPS) is 13.3. The number of hydrogen-bond donors (Lipinski definition) is 1. The van der Waals surface area contributed by atoms with Crippen molar-refractivity contribution in [2.45, 2.75) is 22.3 Å². The Morgan fingerprint density at radius 3 is 2.33 bits per heavy atom. The van der Waals surface area contributed by atoms with E-state index in [1.54, 1.807) is 40.9 Å². The molecule has 5 rings (SSSR count). The van der Waals surface area contributed by atoms with Crippen LogP contribution in [0.2, 0.25) is 0 Å². The predicted octanol–water partition coefficient (Wildman–Crippen LogP) is 5.58. The summed E-state index contributed by atoms with van der Waals surface area (Å²) in [6.07, 6.45) is 19.4. The molecule has 2 aromatic heterocycles. The summed E-state index contributed by atoms with van der Waals surface area (Å²) in [5, 5.41) is 2.95. The number of allylic oxidation sites excluding steroid dienone is 6. The summed E-state index contributed by atoms with van der Waals surface area (Å²) in [6.45, 7) is 0.456. The van der Waals surface area contributed by atoms with Gasteiger partial charge >= 0.3 is 0 Å². The maximum atomic E-state index is 12.5. The van der Waals surface area contributed by atoms with Crippen LogP contribution >= 0.6 is 11.8 Å². The highest BCUT2D eigenvalue weighted by Gasteiger charge is 2.08. The summed E-state index contributed by atoms with van der Waals surface area (Å²) in [5.41, 5.74) is 2.83. The molecule has 1 amide bonds. The zero-order valence-corrected chi connectivity index (χ0v) is 18.7. The van der Waals surface area contributed by atoms with Crippen LogP contribution in [-0.2, 0) is 6.54 Å². The van der Waals surface area contributed by atoms with Gasteiger partial charge in [0.15, 0.2) is 0 Å². The Labute approximate surface area is 196 Å². The number of carbonyl (C=O) groups is 1. The predicted molar refractivity (Wildman–Crippen MR) is 131 cm³/mol. The van der Waals surface area contributed by atoms with Gasteiger partial charge in [0.25, 0.3) is 5.91 Å². The first-order valence-electron chi connectivity index (χ1n) is 10.7. The molecule has 2 aromatic carbocycles. The fraction of sp³-hybridized carbons (Fsp3) is 0.0741. The largest absolute Gasteiger partial charge is 0.348 e. The number of benzene rings is 2. The highest BCUT2D eigenvalue weighted by molar-refractivity contribution is 7.99. The molecule has 0 bridgehead atoms. The van der Waals surface area contributed by atoms with Crippen LogP contribution in [0.5, 0.6) is 0 Å². The van der Waals surface area contributed by atoms with Crippen LogP contribution in [0, 0.1) is 0 Å². The number of nitrogens with zero attached hydrogens (tertiary/aromatic N) is 3. The van der Waals surface area contributed by atoms with Gasteiger partial charge in [-0.3, -0.25) is 9.20 Å². The molecule has 0 radical (unpaired) electrons. The molecule has 0 spiro atoms. The van der Waals surface area contributed by atoms with E-state index in [4.69, 9.17) is 0 Å². The quantitative estimate of drug-likeness (QED) is 0.417. The minimum atomic E-state index is -0.161. The summed E-state index contributed by atoms with van der Waals surface area (Å²) < 4.78 is 1.73. The van der Waals surface area contributed by atoms with Gasteiger partial charge in [0, 0.05) is 47.0 Å². The van der Waals surface area contributed by atoms with Crippen molar-refractivity contribution in [1.29, 1.82) is 0 Å². The van der Waals surface area contributed by atoms with E-state index in [0.717, 1.165) is 10.5 Å². The molecule has 2 heterocycles. The molecule has 0 atom stereocenters. The number of rotatable bonds is 6. The van der Waals surface area contributed by atoms with Crippen molar-refractivity contribution in [3.63, 3.8) is 0 Å². The Kier molecular flexibility index (Phi) is 6.17. The fourth-order valence-electron chi connectivity index (χ4n) is 3.57. The molecule has 0 saturated carbocycles. The van der Waals surface area contributed by atoms with Crippen LogP contribution in [0.3, 0.4) is 0 Å². The van der Waals surface area contributed by atoms with Crippen LogP contribution in [0.25, 0.3) is 5.78 Å². The van der Waals surface area contributed by atoms with Crippen LogP contribution in [-0.4, -0.2) is 20.3 Å². The summed E-state index contributed by atoms with van der Waals surface area (Å²) in [6, 6.07) is 17.0. The van der Waals surface area contributed by atoms with Gasteiger partial charge < -0.3 is 5.32 Å². The molecular weight excluding hydrogens is 428 g/mol. The van der Waals surface area contributed by atoms with Gasteiger partial charge in [0.2, 0.25) is 5.78 Å². The van der Waals surface area contributed by atoms with E-state index in [1.165, 1.54) is 10.5 Å². The van der Waals surface area contributed by atoms with Crippen molar-refractivity contribution in [2.24, 2.45) is 0 Å². The fourth-order valence-corrected chi connectivity index (χ4v) is 4.39. The molecule has 33 heavy (non-hydrogen) atoms. The Morgan fingerprint density at radius 2 is 1.61 bits per heavy atom. The van der Waals surface area contributed by atoms with Crippen molar-refractivity contribution >= 4 is 23.4 Å². The first-order valence-corrected chi connectivity index (χ1v) is 11.5. The molecule has 0 aliphatic heterocycles. The van der Waals surface area contributed by atoms with Crippen molar-refractivity contribution in [2.75, 3.05) is 0 Å². The van der Waals surface area contributed by atoms with Gasteiger partial charge in [-0.1, -0.05) is 72.5 Å². The third kappa shape index (κ3) is 5.13. The SMILES string of the molecule is O=C(NCc1ccc(Sc2ccc(C3C=CC=CC=C3)cc2)cc1)c1cnc2nccn2c1. The second-order valence-electron chi connectivity index (χ2n) is 7.66. The maximum Gasteiger partial charge on any atom is 0.254 e. The van der Waals surface area contributed by atoms with Crippen LogP contribution in [0.15, 0.2) is 120 Å². The Morgan fingerprint density at radius 1 is 0.909 bits per heavy atom. The molecule has 5 nitrogen and oxygen atoms in total. The summed E-state index contributed by atoms with van der Waals surface area (Å²) in [7, 11) is 0. The first-order chi connectivity index (χ1) is 16.2. The van der Waals surface area contributed by atoms with Crippen molar-refractivity contribution in [3.05, 3.63) is 126 Å². The van der Waals surface area contributed by atoms with E-state index in [2.05, 4.69) is 76.0 Å². The second-order valence-corrected chi connectivity index (χ2v) is 8.80. The topological polar surface area (TPSA) is 59.3 Å². The molecule has 6 heteroatoms. The lowest BCUT2D eigenvalue weighted by Gasteiger charge is -2.09. The number of hydrogen-bond acceptors (Lipinski definition) is 4. The molecule has 0 fully saturated rings. The first kappa shape index (κ1) is 21.0.